The smallest absolute Gasteiger partial charge is 0.309 e. The van der Waals surface area contributed by atoms with Crippen molar-refractivity contribution in [2.45, 2.75) is 24.8 Å². The summed E-state index contributed by atoms with van der Waals surface area (Å²) in [6.45, 7) is 0.539. The van der Waals surface area contributed by atoms with E-state index >= 15 is 0 Å². The molecule has 2 aliphatic heterocycles. The Bertz CT molecular complexity index is 1110. The second-order valence-electron chi connectivity index (χ2n) is 7.46. The Hall–Kier alpha value is -2.97. The van der Waals surface area contributed by atoms with Crippen molar-refractivity contribution in [3.8, 4) is 11.4 Å². The third-order valence-corrected chi connectivity index (χ3v) is 6.12. The fraction of sp³-hybridized carbons (Fsp3) is 0.250. The molecule has 1 unspecified atom stereocenters. The number of benzene rings is 2. The quantitative estimate of drug-likeness (QED) is 0.621. The van der Waals surface area contributed by atoms with Crippen LogP contribution in [-0.4, -0.2) is 49.5 Å². The molecule has 3 aromatic rings. The second-order valence-corrected chi connectivity index (χ2v) is 8.33. The maximum Gasteiger partial charge on any atom is 0.332 e. The summed E-state index contributed by atoms with van der Waals surface area (Å²) in [5.41, 5.74) is 1.28. The number of imide groups is 1. The number of halogens is 2. The lowest BCUT2D eigenvalue weighted by Gasteiger charge is -2.28. The monoisotopic (exact) mass is 442 g/mol. The van der Waals surface area contributed by atoms with E-state index in [1.54, 1.807) is 23.1 Å². The topological polar surface area (TPSA) is 95.1 Å². The molecule has 2 fully saturated rings. The van der Waals surface area contributed by atoms with Gasteiger partial charge in [0, 0.05) is 28.6 Å². The molecule has 0 saturated carbocycles. The van der Waals surface area contributed by atoms with E-state index in [1.807, 2.05) is 24.3 Å². The number of hydrogen-bond acceptors (Lipinski definition) is 5. The predicted octanol–water partition coefficient (Wildman–Crippen LogP) is 3.72. The lowest BCUT2D eigenvalue weighted by Crippen LogP contribution is -2.47. The summed E-state index contributed by atoms with van der Waals surface area (Å²) in [5, 5.41) is 14.5. The number of rotatable bonds is 4. The molecule has 1 N–H and O–H groups in total. The number of amides is 3. The first kappa shape index (κ1) is 19.0. The highest BCUT2D eigenvalue weighted by Crippen LogP contribution is 2.43. The van der Waals surface area contributed by atoms with E-state index in [4.69, 9.17) is 23.2 Å². The molecule has 152 valence electrons. The van der Waals surface area contributed by atoms with Crippen molar-refractivity contribution in [1.82, 2.24) is 25.5 Å². The minimum Gasteiger partial charge on any atom is -0.309 e. The van der Waals surface area contributed by atoms with Gasteiger partial charge in [-0.25, -0.2) is 14.8 Å². The zero-order valence-corrected chi connectivity index (χ0v) is 17.2. The predicted molar refractivity (Wildman–Crippen MR) is 111 cm³/mol. The van der Waals surface area contributed by atoms with Crippen LogP contribution >= 0.6 is 23.2 Å². The van der Waals surface area contributed by atoms with Crippen LogP contribution in [0.5, 0.6) is 0 Å². The third kappa shape index (κ3) is 2.95. The highest BCUT2D eigenvalue weighted by Gasteiger charge is 2.59. The van der Waals surface area contributed by atoms with Crippen LogP contribution in [0.1, 0.15) is 18.4 Å². The molecule has 1 atom stereocenters. The first-order valence-electron chi connectivity index (χ1n) is 9.43. The summed E-state index contributed by atoms with van der Waals surface area (Å²) in [5.74, 6) is 0.324. The molecule has 10 heteroatoms. The van der Waals surface area contributed by atoms with Gasteiger partial charge in [0.25, 0.3) is 5.91 Å². The standard InChI is InChI=1S/C20H16Cl2N6O2/c21-14-8-15(22)10-16(9-14)28-18(29)20(6-1-7-27(20)19(28)30)11-12-2-4-13(5-3-12)17-23-25-26-24-17/h2-5,8-10H,1,6-7,11H2,(H,23,24,25,26). The first-order valence-corrected chi connectivity index (χ1v) is 10.2. The summed E-state index contributed by atoms with van der Waals surface area (Å²) in [7, 11) is 0. The van der Waals surface area contributed by atoms with Gasteiger partial charge >= 0.3 is 6.03 Å². The molecule has 3 heterocycles. The van der Waals surface area contributed by atoms with Crippen LogP contribution in [0.2, 0.25) is 10.0 Å². The number of aromatic nitrogens is 4. The number of nitrogens with one attached hydrogen (secondary N) is 1. The van der Waals surface area contributed by atoms with Gasteiger partial charge in [0.15, 0.2) is 5.82 Å². The number of carbonyl (C=O) groups excluding carboxylic acids is 2. The van der Waals surface area contributed by atoms with E-state index in [1.165, 1.54) is 4.90 Å². The van der Waals surface area contributed by atoms with Crippen LogP contribution in [0.3, 0.4) is 0 Å². The van der Waals surface area contributed by atoms with E-state index in [0.29, 0.717) is 40.9 Å². The van der Waals surface area contributed by atoms with Crippen molar-refractivity contribution < 1.29 is 9.59 Å². The zero-order valence-electron chi connectivity index (χ0n) is 15.7. The minimum absolute atomic E-state index is 0.244. The normalized spacial score (nSPS) is 20.9. The van der Waals surface area contributed by atoms with Gasteiger partial charge in [-0.1, -0.05) is 47.5 Å². The van der Waals surface area contributed by atoms with Gasteiger partial charge in [-0.3, -0.25) is 4.79 Å². The number of H-pyrrole nitrogens is 1. The fourth-order valence-corrected chi connectivity index (χ4v) is 4.87. The number of anilines is 1. The maximum atomic E-state index is 13.5. The number of tetrazole rings is 1. The van der Waals surface area contributed by atoms with Crippen LogP contribution in [0, 0.1) is 0 Å². The molecule has 0 spiro atoms. The summed E-state index contributed by atoms with van der Waals surface area (Å²) in [4.78, 5) is 29.6. The Kier molecular flexibility index (Phi) is 4.48. The number of carbonyl (C=O) groups is 2. The van der Waals surface area contributed by atoms with E-state index in [2.05, 4.69) is 20.6 Å². The van der Waals surface area contributed by atoms with Crippen molar-refractivity contribution in [3.63, 3.8) is 0 Å². The number of urea groups is 1. The van der Waals surface area contributed by atoms with Crippen LogP contribution < -0.4 is 4.90 Å². The number of aromatic amines is 1. The molecule has 5 rings (SSSR count). The third-order valence-electron chi connectivity index (χ3n) is 5.69. The first-order chi connectivity index (χ1) is 14.5. The second kappa shape index (κ2) is 7.07. The Morgan fingerprint density at radius 2 is 1.80 bits per heavy atom. The molecule has 30 heavy (non-hydrogen) atoms. The lowest BCUT2D eigenvalue weighted by atomic mass is 9.87. The van der Waals surface area contributed by atoms with E-state index in [9.17, 15) is 9.59 Å². The fourth-order valence-electron chi connectivity index (χ4n) is 4.35. The van der Waals surface area contributed by atoms with Gasteiger partial charge in [-0.15, -0.1) is 5.10 Å². The Morgan fingerprint density at radius 3 is 2.47 bits per heavy atom. The summed E-state index contributed by atoms with van der Waals surface area (Å²) >= 11 is 12.2. The van der Waals surface area contributed by atoms with E-state index in [-0.39, 0.29) is 11.9 Å². The molecule has 0 radical (unpaired) electrons. The number of nitrogens with zero attached hydrogens (tertiary/aromatic N) is 5. The molecular weight excluding hydrogens is 427 g/mol. The van der Waals surface area contributed by atoms with Gasteiger partial charge in [0.2, 0.25) is 0 Å². The molecule has 2 saturated heterocycles. The zero-order chi connectivity index (χ0) is 20.9. The lowest BCUT2D eigenvalue weighted by molar-refractivity contribution is -0.123. The molecule has 1 aromatic heterocycles. The van der Waals surface area contributed by atoms with Gasteiger partial charge in [-0.2, -0.15) is 0 Å². The van der Waals surface area contributed by atoms with Gasteiger partial charge in [0.1, 0.15) is 5.54 Å². The maximum absolute atomic E-state index is 13.5. The summed E-state index contributed by atoms with van der Waals surface area (Å²) in [6.07, 6.45) is 1.82. The molecule has 0 bridgehead atoms. The van der Waals surface area contributed by atoms with E-state index in [0.717, 1.165) is 17.5 Å². The Labute approximate surface area is 181 Å². The van der Waals surface area contributed by atoms with Crippen LogP contribution in [0.15, 0.2) is 42.5 Å². The van der Waals surface area contributed by atoms with Crippen LogP contribution in [0.4, 0.5) is 10.5 Å². The average Bonchev–Trinajstić information content (AvgIpc) is 3.41. The highest BCUT2D eigenvalue weighted by atomic mass is 35.5. The number of hydrogen-bond donors (Lipinski definition) is 1. The largest absolute Gasteiger partial charge is 0.332 e. The molecule has 3 amide bonds. The average molecular weight is 443 g/mol. The van der Waals surface area contributed by atoms with Crippen molar-refractivity contribution in [3.05, 3.63) is 58.1 Å². The van der Waals surface area contributed by atoms with Crippen molar-refractivity contribution in [1.29, 1.82) is 0 Å². The van der Waals surface area contributed by atoms with Crippen LogP contribution in [0.25, 0.3) is 11.4 Å². The minimum atomic E-state index is -0.902. The Morgan fingerprint density at radius 1 is 1.07 bits per heavy atom. The summed E-state index contributed by atoms with van der Waals surface area (Å²) < 4.78 is 0. The van der Waals surface area contributed by atoms with Crippen molar-refractivity contribution in [2.24, 2.45) is 0 Å². The van der Waals surface area contributed by atoms with E-state index < -0.39 is 5.54 Å². The summed E-state index contributed by atoms with van der Waals surface area (Å²) in [6, 6.07) is 12.0. The molecule has 8 nitrogen and oxygen atoms in total. The molecular formula is C20H16Cl2N6O2. The van der Waals surface area contributed by atoms with Crippen molar-refractivity contribution in [2.75, 3.05) is 11.4 Å². The Balaban J connectivity index is 1.47. The van der Waals surface area contributed by atoms with Crippen molar-refractivity contribution >= 4 is 40.8 Å². The SMILES string of the molecule is O=C1N(c2cc(Cl)cc(Cl)c2)C(=O)C2(Cc3ccc(-c4nnn[nH]4)cc3)CCCN12. The van der Waals surface area contributed by atoms with Gasteiger partial charge in [0.05, 0.1) is 5.69 Å². The van der Waals surface area contributed by atoms with Gasteiger partial charge in [-0.05, 0) is 47.0 Å². The molecule has 0 aliphatic carbocycles. The molecule has 2 aromatic carbocycles. The number of fused-ring (bicyclic) bond motifs is 1. The highest BCUT2D eigenvalue weighted by molar-refractivity contribution is 6.35. The van der Waals surface area contributed by atoms with Gasteiger partial charge < -0.3 is 4.90 Å². The van der Waals surface area contributed by atoms with Crippen LogP contribution in [-0.2, 0) is 11.2 Å². The molecule has 2 aliphatic rings.